The van der Waals surface area contributed by atoms with E-state index in [0.29, 0.717) is 13.2 Å². The first-order valence-corrected chi connectivity index (χ1v) is 5.01. The third-order valence-corrected chi connectivity index (χ3v) is 2.21. The maximum absolute atomic E-state index is 10.1. The standard InChI is InChI=1S/C12H18O3/c1-12(13,10-15-9-8-14-2)11-6-4-3-5-7-11/h3-7,13H,8-10H2,1-2H3. The molecule has 1 aromatic rings. The highest BCUT2D eigenvalue weighted by molar-refractivity contribution is 5.21. The van der Waals surface area contributed by atoms with Crippen molar-refractivity contribution in [1.82, 2.24) is 0 Å². The van der Waals surface area contributed by atoms with Gasteiger partial charge < -0.3 is 14.6 Å². The Kier molecular flexibility index (Phi) is 4.75. The third kappa shape index (κ3) is 4.00. The normalized spacial score (nSPS) is 14.9. The molecule has 1 aromatic carbocycles. The number of rotatable bonds is 6. The summed E-state index contributed by atoms with van der Waals surface area (Å²) >= 11 is 0. The Morgan fingerprint density at radius 3 is 2.47 bits per heavy atom. The lowest BCUT2D eigenvalue weighted by Gasteiger charge is -2.23. The maximum Gasteiger partial charge on any atom is 0.110 e. The van der Waals surface area contributed by atoms with Crippen molar-refractivity contribution in [2.24, 2.45) is 0 Å². The molecular formula is C12H18O3. The first-order chi connectivity index (χ1) is 7.17. The highest BCUT2D eigenvalue weighted by atomic mass is 16.5. The lowest BCUT2D eigenvalue weighted by atomic mass is 9.97. The summed E-state index contributed by atoms with van der Waals surface area (Å²) in [4.78, 5) is 0. The lowest BCUT2D eigenvalue weighted by molar-refractivity contribution is -0.0478. The largest absolute Gasteiger partial charge is 0.383 e. The molecule has 3 nitrogen and oxygen atoms in total. The van der Waals surface area contributed by atoms with E-state index in [-0.39, 0.29) is 6.61 Å². The lowest BCUT2D eigenvalue weighted by Crippen LogP contribution is -2.28. The zero-order chi connectivity index (χ0) is 11.1. The highest BCUT2D eigenvalue weighted by Crippen LogP contribution is 2.20. The zero-order valence-corrected chi connectivity index (χ0v) is 9.27. The topological polar surface area (TPSA) is 38.7 Å². The zero-order valence-electron chi connectivity index (χ0n) is 9.27. The fourth-order valence-corrected chi connectivity index (χ4v) is 1.29. The van der Waals surface area contributed by atoms with Crippen LogP contribution in [-0.4, -0.2) is 32.0 Å². The number of hydrogen-bond donors (Lipinski definition) is 1. The fourth-order valence-electron chi connectivity index (χ4n) is 1.29. The van der Waals surface area contributed by atoms with Crippen LogP contribution in [0, 0.1) is 0 Å². The first-order valence-electron chi connectivity index (χ1n) is 5.01. The van der Waals surface area contributed by atoms with Crippen LogP contribution in [0.2, 0.25) is 0 Å². The van der Waals surface area contributed by atoms with Crippen LogP contribution >= 0.6 is 0 Å². The van der Waals surface area contributed by atoms with Crippen LogP contribution in [0.4, 0.5) is 0 Å². The van der Waals surface area contributed by atoms with E-state index in [1.165, 1.54) is 0 Å². The minimum absolute atomic E-state index is 0.278. The van der Waals surface area contributed by atoms with Gasteiger partial charge in [0.15, 0.2) is 0 Å². The Morgan fingerprint density at radius 2 is 1.87 bits per heavy atom. The second-order valence-corrected chi connectivity index (χ2v) is 3.69. The molecule has 3 heteroatoms. The Morgan fingerprint density at radius 1 is 1.20 bits per heavy atom. The molecule has 0 aromatic heterocycles. The van der Waals surface area contributed by atoms with Gasteiger partial charge in [0.25, 0.3) is 0 Å². The Hall–Kier alpha value is -0.900. The van der Waals surface area contributed by atoms with Crippen LogP contribution in [0.1, 0.15) is 12.5 Å². The Balaban J connectivity index is 2.45. The molecule has 84 valence electrons. The SMILES string of the molecule is COCCOCC(C)(O)c1ccccc1. The summed E-state index contributed by atoms with van der Waals surface area (Å²) in [6.45, 7) is 3.07. The van der Waals surface area contributed by atoms with E-state index in [2.05, 4.69) is 0 Å². The molecule has 1 unspecified atom stereocenters. The molecule has 0 heterocycles. The van der Waals surface area contributed by atoms with Gasteiger partial charge in [-0.1, -0.05) is 30.3 Å². The molecule has 0 spiro atoms. The van der Waals surface area contributed by atoms with Crippen LogP contribution in [0.3, 0.4) is 0 Å². The summed E-state index contributed by atoms with van der Waals surface area (Å²) < 4.78 is 10.2. The molecule has 0 bridgehead atoms. The smallest absolute Gasteiger partial charge is 0.110 e. The molecule has 15 heavy (non-hydrogen) atoms. The van der Waals surface area contributed by atoms with Crippen molar-refractivity contribution in [3.8, 4) is 0 Å². The molecular weight excluding hydrogens is 192 g/mol. The quantitative estimate of drug-likeness (QED) is 0.724. The van der Waals surface area contributed by atoms with Crippen molar-refractivity contribution >= 4 is 0 Å². The van der Waals surface area contributed by atoms with E-state index in [1.807, 2.05) is 30.3 Å². The van der Waals surface area contributed by atoms with Crippen LogP contribution in [0.15, 0.2) is 30.3 Å². The van der Waals surface area contributed by atoms with Gasteiger partial charge in [-0.2, -0.15) is 0 Å². The first kappa shape index (κ1) is 12.2. The second-order valence-electron chi connectivity index (χ2n) is 3.69. The number of aliphatic hydroxyl groups is 1. The number of hydrogen-bond acceptors (Lipinski definition) is 3. The number of ether oxygens (including phenoxy) is 2. The number of benzene rings is 1. The van der Waals surface area contributed by atoms with Gasteiger partial charge in [0.05, 0.1) is 19.8 Å². The van der Waals surface area contributed by atoms with E-state index in [0.717, 1.165) is 5.56 Å². The molecule has 0 aliphatic heterocycles. The van der Waals surface area contributed by atoms with E-state index in [1.54, 1.807) is 14.0 Å². The minimum atomic E-state index is -0.936. The summed E-state index contributed by atoms with van der Waals surface area (Å²) in [5.41, 5.74) is -0.0722. The minimum Gasteiger partial charge on any atom is -0.383 e. The highest BCUT2D eigenvalue weighted by Gasteiger charge is 2.22. The van der Waals surface area contributed by atoms with E-state index < -0.39 is 5.60 Å². The molecule has 0 amide bonds. The van der Waals surface area contributed by atoms with E-state index in [4.69, 9.17) is 9.47 Å². The summed E-state index contributed by atoms with van der Waals surface area (Å²) in [7, 11) is 1.62. The predicted molar refractivity (Wildman–Crippen MR) is 58.7 cm³/mol. The van der Waals surface area contributed by atoms with Gasteiger partial charge in [-0.3, -0.25) is 0 Å². The molecule has 1 atom stereocenters. The van der Waals surface area contributed by atoms with Crippen molar-refractivity contribution in [2.75, 3.05) is 26.9 Å². The average molecular weight is 210 g/mol. The van der Waals surface area contributed by atoms with Crippen molar-refractivity contribution in [3.63, 3.8) is 0 Å². The Bertz CT molecular complexity index is 269. The summed E-state index contributed by atoms with van der Waals surface area (Å²) in [5, 5.41) is 10.1. The van der Waals surface area contributed by atoms with E-state index in [9.17, 15) is 5.11 Å². The van der Waals surface area contributed by atoms with Gasteiger partial charge in [0.2, 0.25) is 0 Å². The summed E-state index contributed by atoms with van der Waals surface area (Å²) in [6, 6.07) is 9.50. The fraction of sp³-hybridized carbons (Fsp3) is 0.500. The van der Waals surface area contributed by atoms with Crippen molar-refractivity contribution in [1.29, 1.82) is 0 Å². The average Bonchev–Trinajstić information content (AvgIpc) is 2.26. The Labute approximate surface area is 90.6 Å². The van der Waals surface area contributed by atoms with Crippen LogP contribution in [-0.2, 0) is 15.1 Å². The van der Waals surface area contributed by atoms with Gasteiger partial charge in [-0.25, -0.2) is 0 Å². The van der Waals surface area contributed by atoms with Crippen molar-refractivity contribution < 1.29 is 14.6 Å². The van der Waals surface area contributed by atoms with Gasteiger partial charge in [0.1, 0.15) is 5.60 Å². The molecule has 0 radical (unpaired) electrons. The van der Waals surface area contributed by atoms with Gasteiger partial charge in [-0.15, -0.1) is 0 Å². The van der Waals surface area contributed by atoms with Crippen LogP contribution in [0.25, 0.3) is 0 Å². The third-order valence-electron chi connectivity index (χ3n) is 2.21. The van der Waals surface area contributed by atoms with Crippen LogP contribution in [0.5, 0.6) is 0 Å². The molecule has 0 aliphatic rings. The molecule has 1 N–H and O–H groups in total. The molecule has 0 saturated heterocycles. The molecule has 0 saturated carbocycles. The van der Waals surface area contributed by atoms with E-state index >= 15 is 0 Å². The molecule has 0 fully saturated rings. The van der Waals surface area contributed by atoms with Gasteiger partial charge in [0, 0.05) is 7.11 Å². The predicted octanol–water partition coefficient (Wildman–Crippen LogP) is 1.56. The summed E-state index contributed by atoms with van der Waals surface area (Å²) in [6.07, 6.45) is 0. The van der Waals surface area contributed by atoms with Crippen molar-refractivity contribution in [3.05, 3.63) is 35.9 Å². The summed E-state index contributed by atoms with van der Waals surface area (Å²) in [5.74, 6) is 0. The van der Waals surface area contributed by atoms with Crippen molar-refractivity contribution in [2.45, 2.75) is 12.5 Å². The molecule has 1 rings (SSSR count). The van der Waals surface area contributed by atoms with Gasteiger partial charge >= 0.3 is 0 Å². The number of methoxy groups -OCH3 is 1. The van der Waals surface area contributed by atoms with Gasteiger partial charge in [-0.05, 0) is 12.5 Å². The molecule has 0 aliphatic carbocycles. The maximum atomic E-state index is 10.1. The second kappa shape index (κ2) is 5.85. The van der Waals surface area contributed by atoms with Crippen LogP contribution < -0.4 is 0 Å². The monoisotopic (exact) mass is 210 g/mol.